The predicted molar refractivity (Wildman–Crippen MR) is 116 cm³/mol. The molecule has 0 aliphatic heterocycles. The summed E-state index contributed by atoms with van der Waals surface area (Å²) in [5.41, 5.74) is 5.36. The van der Waals surface area contributed by atoms with Gasteiger partial charge in [0, 0.05) is 23.5 Å². The third-order valence-electron chi connectivity index (χ3n) is 5.86. The van der Waals surface area contributed by atoms with Gasteiger partial charge in [-0.2, -0.15) is 0 Å². The van der Waals surface area contributed by atoms with Crippen molar-refractivity contribution in [2.75, 3.05) is 7.11 Å². The van der Waals surface area contributed by atoms with Crippen molar-refractivity contribution in [1.82, 2.24) is 0 Å². The third kappa shape index (κ3) is 5.26. The summed E-state index contributed by atoms with van der Waals surface area (Å²) >= 11 is 0. The topological polar surface area (TPSA) is 63.6 Å². The molecule has 1 N–H and O–H groups in total. The molecule has 4 nitrogen and oxygen atoms in total. The van der Waals surface area contributed by atoms with Crippen LogP contribution in [0.3, 0.4) is 0 Å². The van der Waals surface area contributed by atoms with E-state index in [4.69, 9.17) is 9.84 Å². The van der Waals surface area contributed by atoms with Gasteiger partial charge in [-0.05, 0) is 74.9 Å². The number of aliphatic carboxylic acids is 1. The monoisotopic (exact) mass is 414 g/mol. The Bertz CT molecular complexity index is 916. The van der Waals surface area contributed by atoms with Gasteiger partial charge in [0.2, 0.25) is 0 Å². The molecule has 0 aromatic heterocycles. The third-order valence-corrected chi connectivity index (χ3v) is 5.86. The van der Waals surface area contributed by atoms with Gasteiger partial charge in [0.05, 0.1) is 7.11 Å². The summed E-state index contributed by atoms with van der Waals surface area (Å²) < 4.78 is 19.4. The number of carboxylic acids is 1. The van der Waals surface area contributed by atoms with Crippen molar-refractivity contribution in [3.05, 3.63) is 63.5 Å². The van der Waals surface area contributed by atoms with Crippen molar-refractivity contribution in [3.8, 4) is 5.75 Å². The highest BCUT2D eigenvalue weighted by molar-refractivity contribution is 5.98. The summed E-state index contributed by atoms with van der Waals surface area (Å²) in [7, 11) is 1.63. The maximum absolute atomic E-state index is 13.6. The van der Waals surface area contributed by atoms with E-state index in [1.165, 1.54) is 12.1 Å². The Hall–Kier alpha value is -2.69. The summed E-state index contributed by atoms with van der Waals surface area (Å²) in [6.45, 7) is 7.41. The maximum Gasteiger partial charge on any atom is 0.303 e. The highest BCUT2D eigenvalue weighted by Gasteiger charge is 2.27. The number of ketones is 1. The first-order chi connectivity index (χ1) is 14.2. The number of unbranched alkanes of at least 4 members (excludes halogenated alkanes) is 2. The smallest absolute Gasteiger partial charge is 0.303 e. The predicted octanol–water partition coefficient (Wildman–Crippen LogP) is 6.13. The van der Waals surface area contributed by atoms with Crippen molar-refractivity contribution in [2.24, 2.45) is 0 Å². The van der Waals surface area contributed by atoms with Crippen LogP contribution in [0.2, 0.25) is 0 Å². The Balaban J connectivity index is 2.55. The number of methoxy groups -OCH3 is 1. The molecule has 1 atom stereocenters. The summed E-state index contributed by atoms with van der Waals surface area (Å²) in [6.07, 6.45) is 3.13. The zero-order valence-corrected chi connectivity index (χ0v) is 18.5. The normalized spacial score (nSPS) is 11.9. The van der Waals surface area contributed by atoms with Crippen LogP contribution in [0.5, 0.6) is 5.75 Å². The lowest BCUT2D eigenvalue weighted by Gasteiger charge is -2.27. The van der Waals surface area contributed by atoms with Crippen molar-refractivity contribution >= 4 is 11.8 Å². The number of carbonyl (C=O) groups excluding carboxylic acids is 1. The number of hydrogen-bond donors (Lipinski definition) is 1. The molecule has 30 heavy (non-hydrogen) atoms. The number of ether oxygens (including phenoxy) is 1. The lowest BCUT2D eigenvalue weighted by molar-refractivity contribution is -0.137. The number of halogens is 1. The summed E-state index contributed by atoms with van der Waals surface area (Å²) in [5, 5.41) is 8.86. The number of carboxylic acid groups (broad SMARTS) is 1. The molecule has 0 aliphatic carbocycles. The molecule has 0 amide bonds. The molecule has 0 saturated heterocycles. The molecule has 2 aromatic carbocycles. The number of Topliss-reactive ketones (excluding diaryl/α,β-unsaturated/α-hetero) is 1. The van der Waals surface area contributed by atoms with Crippen LogP contribution in [0.15, 0.2) is 24.3 Å². The maximum atomic E-state index is 13.6. The second kappa shape index (κ2) is 10.4. The van der Waals surface area contributed by atoms with Crippen LogP contribution in [0, 0.1) is 26.6 Å². The minimum atomic E-state index is -0.789. The van der Waals surface area contributed by atoms with Crippen LogP contribution in [-0.2, 0) is 4.79 Å². The molecule has 162 valence electrons. The molecule has 0 fully saturated rings. The van der Waals surface area contributed by atoms with E-state index < -0.39 is 5.97 Å². The molecule has 2 rings (SSSR count). The molecule has 2 aromatic rings. The first-order valence-electron chi connectivity index (χ1n) is 10.3. The first kappa shape index (κ1) is 23.6. The Kier molecular flexibility index (Phi) is 8.16. The fourth-order valence-electron chi connectivity index (χ4n) is 4.33. The largest absolute Gasteiger partial charge is 0.496 e. The van der Waals surface area contributed by atoms with Gasteiger partial charge in [-0.3, -0.25) is 9.59 Å². The van der Waals surface area contributed by atoms with E-state index in [0.717, 1.165) is 52.8 Å². The Morgan fingerprint density at radius 2 is 1.63 bits per heavy atom. The van der Waals surface area contributed by atoms with E-state index in [1.54, 1.807) is 26.2 Å². The Labute approximate surface area is 178 Å². The minimum Gasteiger partial charge on any atom is -0.496 e. The van der Waals surface area contributed by atoms with E-state index in [2.05, 4.69) is 0 Å². The zero-order valence-electron chi connectivity index (χ0n) is 18.5. The number of carbonyl (C=O) groups is 2. The van der Waals surface area contributed by atoms with Gasteiger partial charge in [-0.1, -0.05) is 25.0 Å². The van der Waals surface area contributed by atoms with Gasteiger partial charge in [0.15, 0.2) is 5.78 Å². The standard InChI is InChI=1S/C25H31FO4/c1-15-16(2)25(30-5)24(17(3)23(15)18(4)27)21(9-7-6-8-10-22(28)29)19-11-13-20(26)14-12-19/h11-14,21H,6-10H2,1-5H3,(H,28,29)/t21-/m1/s1. The van der Waals surface area contributed by atoms with E-state index >= 15 is 0 Å². The fraction of sp³-hybridized carbons (Fsp3) is 0.440. The average molecular weight is 415 g/mol. The summed E-state index contributed by atoms with van der Waals surface area (Å²) in [6, 6.07) is 6.44. The molecule has 0 saturated carbocycles. The lowest BCUT2D eigenvalue weighted by atomic mass is 9.79. The van der Waals surface area contributed by atoms with Crippen LogP contribution >= 0.6 is 0 Å². The summed E-state index contributed by atoms with van der Waals surface area (Å²) in [5.74, 6) is -0.399. The van der Waals surface area contributed by atoms with E-state index in [0.29, 0.717) is 12.0 Å². The lowest BCUT2D eigenvalue weighted by Crippen LogP contribution is -2.13. The van der Waals surface area contributed by atoms with Crippen LogP contribution in [-0.4, -0.2) is 24.0 Å². The molecule has 0 aliphatic rings. The van der Waals surface area contributed by atoms with E-state index in [9.17, 15) is 14.0 Å². The summed E-state index contributed by atoms with van der Waals surface area (Å²) in [4.78, 5) is 23.2. The van der Waals surface area contributed by atoms with Crippen LogP contribution < -0.4 is 4.74 Å². The van der Waals surface area contributed by atoms with Gasteiger partial charge in [0.25, 0.3) is 0 Å². The van der Waals surface area contributed by atoms with Crippen molar-refractivity contribution in [2.45, 2.75) is 65.7 Å². The highest BCUT2D eigenvalue weighted by Crippen LogP contribution is 2.42. The average Bonchev–Trinajstić information content (AvgIpc) is 2.68. The quantitative estimate of drug-likeness (QED) is 0.375. The second-order valence-corrected chi connectivity index (χ2v) is 7.85. The molecule has 0 radical (unpaired) electrons. The van der Waals surface area contributed by atoms with Gasteiger partial charge in [-0.15, -0.1) is 0 Å². The fourth-order valence-corrected chi connectivity index (χ4v) is 4.33. The zero-order chi connectivity index (χ0) is 22.4. The second-order valence-electron chi connectivity index (χ2n) is 7.85. The van der Waals surface area contributed by atoms with Gasteiger partial charge in [-0.25, -0.2) is 4.39 Å². The first-order valence-corrected chi connectivity index (χ1v) is 10.3. The SMILES string of the molecule is COc1c(C)c(C)c(C(C)=O)c(C)c1[C@H](CCCCCC(=O)O)c1ccc(F)cc1. The Morgan fingerprint density at radius 3 is 2.17 bits per heavy atom. The molecule has 0 heterocycles. The number of benzene rings is 2. The minimum absolute atomic E-state index is 0.0105. The van der Waals surface area contributed by atoms with Crippen molar-refractivity contribution in [3.63, 3.8) is 0 Å². The highest BCUT2D eigenvalue weighted by atomic mass is 19.1. The molecule has 5 heteroatoms. The molecular formula is C25H31FO4. The molecule has 0 bridgehead atoms. The van der Waals surface area contributed by atoms with Crippen molar-refractivity contribution in [1.29, 1.82) is 0 Å². The van der Waals surface area contributed by atoms with Crippen LogP contribution in [0.25, 0.3) is 0 Å². The van der Waals surface area contributed by atoms with E-state index in [-0.39, 0.29) is 23.9 Å². The molecular weight excluding hydrogens is 383 g/mol. The van der Waals surface area contributed by atoms with Crippen LogP contribution in [0.4, 0.5) is 4.39 Å². The van der Waals surface area contributed by atoms with Crippen LogP contribution in [0.1, 0.15) is 83.1 Å². The molecule has 0 unspecified atom stereocenters. The van der Waals surface area contributed by atoms with Gasteiger partial charge in [0.1, 0.15) is 11.6 Å². The van der Waals surface area contributed by atoms with Gasteiger partial charge < -0.3 is 9.84 Å². The van der Waals surface area contributed by atoms with Gasteiger partial charge >= 0.3 is 5.97 Å². The van der Waals surface area contributed by atoms with Crippen molar-refractivity contribution < 1.29 is 23.8 Å². The molecule has 0 spiro atoms. The number of hydrogen-bond acceptors (Lipinski definition) is 3. The van der Waals surface area contributed by atoms with E-state index in [1.807, 2.05) is 20.8 Å². The Morgan fingerprint density at radius 1 is 1.00 bits per heavy atom. The number of rotatable bonds is 10.